The van der Waals surface area contributed by atoms with Gasteiger partial charge in [0.15, 0.2) is 5.78 Å². The number of ketones is 1. The van der Waals surface area contributed by atoms with Crippen molar-refractivity contribution in [3.05, 3.63) is 58.6 Å². The maximum Gasteiger partial charge on any atom is 0.255 e. The Morgan fingerprint density at radius 2 is 1.67 bits per heavy atom. The Balaban J connectivity index is 2.33. The summed E-state index contributed by atoms with van der Waals surface area (Å²) >= 11 is 6.04. The molecule has 1 amide bonds. The van der Waals surface area contributed by atoms with E-state index in [1.165, 1.54) is 25.1 Å². The summed E-state index contributed by atoms with van der Waals surface area (Å²) in [6, 6.07) is 10.5. The highest BCUT2D eigenvalue weighted by atomic mass is 35.5. The van der Waals surface area contributed by atoms with Crippen molar-refractivity contribution in [2.45, 2.75) is 38.1 Å². The molecule has 0 unspecified atom stereocenters. The molecule has 0 saturated carbocycles. The summed E-state index contributed by atoms with van der Waals surface area (Å²) in [7, 11) is -3.90. The molecule has 2 aromatic rings. The quantitative estimate of drug-likeness (QED) is 0.734. The lowest BCUT2D eigenvalue weighted by molar-refractivity contribution is 0.101. The number of amides is 1. The smallest absolute Gasteiger partial charge is 0.255 e. The molecule has 0 aliphatic heterocycles. The van der Waals surface area contributed by atoms with Crippen LogP contribution in [0, 0.1) is 0 Å². The highest BCUT2D eigenvalue weighted by molar-refractivity contribution is 7.89. The summed E-state index contributed by atoms with van der Waals surface area (Å²) in [5.74, 6) is -0.640. The van der Waals surface area contributed by atoms with E-state index in [4.69, 9.17) is 11.6 Å². The predicted octanol–water partition coefficient (Wildman–Crippen LogP) is 3.87. The van der Waals surface area contributed by atoms with Gasteiger partial charge in [-0.05, 0) is 58.0 Å². The number of halogens is 1. The second-order valence-electron chi connectivity index (χ2n) is 7.09. The third kappa shape index (κ3) is 5.63. The van der Waals surface area contributed by atoms with Crippen molar-refractivity contribution in [1.29, 1.82) is 0 Å². The highest BCUT2D eigenvalue weighted by Gasteiger charge is 2.25. The Kier molecular flexibility index (Phi) is 6.09. The predicted molar refractivity (Wildman–Crippen MR) is 106 cm³/mol. The van der Waals surface area contributed by atoms with Gasteiger partial charge in [-0.2, -0.15) is 0 Å². The van der Waals surface area contributed by atoms with Gasteiger partial charge in [0, 0.05) is 22.4 Å². The third-order valence-electron chi connectivity index (χ3n) is 3.45. The Bertz CT molecular complexity index is 995. The fourth-order valence-corrected chi connectivity index (χ4v) is 4.27. The van der Waals surface area contributed by atoms with Gasteiger partial charge in [0.25, 0.3) is 5.91 Å². The van der Waals surface area contributed by atoms with E-state index in [2.05, 4.69) is 10.0 Å². The molecular weight excluding hydrogens is 388 g/mol. The molecule has 0 saturated heterocycles. The molecule has 0 heterocycles. The summed E-state index contributed by atoms with van der Waals surface area (Å²) < 4.78 is 27.6. The number of nitrogens with one attached hydrogen (secondary N) is 2. The van der Waals surface area contributed by atoms with Crippen LogP contribution in [0.5, 0.6) is 0 Å². The molecule has 144 valence electrons. The second-order valence-corrected chi connectivity index (χ2v) is 9.15. The van der Waals surface area contributed by atoms with E-state index < -0.39 is 21.5 Å². The minimum atomic E-state index is -3.90. The normalized spacial score (nSPS) is 11.9. The van der Waals surface area contributed by atoms with Crippen LogP contribution in [0.15, 0.2) is 47.4 Å². The average molecular weight is 409 g/mol. The van der Waals surface area contributed by atoms with Crippen LogP contribution < -0.4 is 10.0 Å². The second kappa shape index (κ2) is 7.80. The average Bonchev–Trinajstić information content (AvgIpc) is 2.53. The van der Waals surface area contributed by atoms with Crippen molar-refractivity contribution in [1.82, 2.24) is 4.72 Å². The molecule has 0 spiro atoms. The molecule has 0 fully saturated rings. The summed E-state index contributed by atoms with van der Waals surface area (Å²) in [4.78, 5) is 23.8. The van der Waals surface area contributed by atoms with Crippen molar-refractivity contribution >= 4 is 39.0 Å². The van der Waals surface area contributed by atoms with Crippen LogP contribution >= 0.6 is 11.6 Å². The van der Waals surface area contributed by atoms with E-state index in [-0.39, 0.29) is 21.3 Å². The minimum absolute atomic E-state index is 0.0156. The molecule has 0 radical (unpaired) electrons. The van der Waals surface area contributed by atoms with Gasteiger partial charge in [-0.3, -0.25) is 9.59 Å². The lowest BCUT2D eigenvalue weighted by Crippen LogP contribution is -2.40. The molecule has 2 aromatic carbocycles. The van der Waals surface area contributed by atoms with Crippen molar-refractivity contribution in [3.8, 4) is 0 Å². The lowest BCUT2D eigenvalue weighted by atomic mass is 10.1. The van der Waals surface area contributed by atoms with E-state index in [1.807, 2.05) is 0 Å². The van der Waals surface area contributed by atoms with Crippen molar-refractivity contribution in [2.24, 2.45) is 0 Å². The van der Waals surface area contributed by atoms with Crippen molar-refractivity contribution in [2.75, 3.05) is 5.32 Å². The molecular formula is C19H21ClN2O4S. The summed E-state index contributed by atoms with van der Waals surface area (Å²) in [6.45, 7) is 6.55. The first-order chi connectivity index (χ1) is 12.4. The summed E-state index contributed by atoms with van der Waals surface area (Å²) in [5.41, 5.74) is 0.316. The highest BCUT2D eigenvalue weighted by Crippen LogP contribution is 2.24. The first kappa shape index (κ1) is 21.1. The number of anilines is 1. The maximum atomic E-state index is 12.6. The number of hydrogen-bond donors (Lipinski definition) is 2. The molecule has 0 aliphatic rings. The maximum absolute atomic E-state index is 12.6. The molecule has 2 N–H and O–H groups in total. The number of Topliss-reactive ketones (excluding diaryl/α,β-unsaturated/α-hetero) is 1. The molecule has 0 aliphatic carbocycles. The van der Waals surface area contributed by atoms with Crippen molar-refractivity contribution in [3.63, 3.8) is 0 Å². The van der Waals surface area contributed by atoms with Gasteiger partial charge in [0.05, 0.1) is 5.02 Å². The molecule has 2 rings (SSSR count). The topological polar surface area (TPSA) is 92.3 Å². The Labute approximate surface area is 164 Å². The fourth-order valence-electron chi connectivity index (χ4n) is 2.33. The zero-order valence-corrected chi connectivity index (χ0v) is 17.0. The van der Waals surface area contributed by atoms with E-state index >= 15 is 0 Å². The van der Waals surface area contributed by atoms with Crippen LogP contribution in [0.2, 0.25) is 5.02 Å². The molecule has 27 heavy (non-hydrogen) atoms. The van der Waals surface area contributed by atoms with Crippen LogP contribution in [-0.2, 0) is 10.0 Å². The van der Waals surface area contributed by atoms with Crippen molar-refractivity contribution < 1.29 is 18.0 Å². The molecule has 0 aromatic heterocycles. The number of rotatable bonds is 5. The minimum Gasteiger partial charge on any atom is -0.322 e. The standard InChI is InChI=1S/C19H21ClN2O4S/c1-12(23)13-6-5-7-15(10-13)21-18(24)14-8-9-16(20)17(11-14)27(25,26)22-19(2,3)4/h5-11,22H,1-4H3,(H,21,24). The molecule has 6 nitrogen and oxygen atoms in total. The fraction of sp³-hybridized carbons (Fsp3) is 0.263. The van der Waals surface area contributed by atoms with Crippen LogP contribution in [-0.4, -0.2) is 25.6 Å². The third-order valence-corrected chi connectivity index (χ3v) is 5.69. The van der Waals surface area contributed by atoms with Crippen LogP contribution in [0.4, 0.5) is 5.69 Å². The zero-order valence-electron chi connectivity index (χ0n) is 15.5. The number of benzene rings is 2. The molecule has 8 heteroatoms. The Hall–Kier alpha value is -2.22. The Morgan fingerprint density at radius 3 is 2.26 bits per heavy atom. The van der Waals surface area contributed by atoms with E-state index in [0.29, 0.717) is 11.3 Å². The Morgan fingerprint density at radius 1 is 1.00 bits per heavy atom. The number of sulfonamides is 1. The monoisotopic (exact) mass is 408 g/mol. The lowest BCUT2D eigenvalue weighted by Gasteiger charge is -2.21. The SMILES string of the molecule is CC(=O)c1cccc(NC(=O)c2ccc(Cl)c(S(=O)(=O)NC(C)(C)C)c2)c1. The summed E-state index contributed by atoms with van der Waals surface area (Å²) in [6.07, 6.45) is 0. The number of hydrogen-bond acceptors (Lipinski definition) is 4. The van der Waals surface area contributed by atoms with Gasteiger partial charge >= 0.3 is 0 Å². The van der Waals surface area contributed by atoms with Gasteiger partial charge in [-0.1, -0.05) is 23.7 Å². The van der Waals surface area contributed by atoms with Gasteiger partial charge in [0.2, 0.25) is 10.0 Å². The number of carbonyl (C=O) groups is 2. The van der Waals surface area contributed by atoms with Gasteiger partial charge in [-0.15, -0.1) is 0 Å². The van der Waals surface area contributed by atoms with Crippen LogP contribution in [0.1, 0.15) is 48.4 Å². The molecule has 0 atom stereocenters. The van der Waals surface area contributed by atoms with Gasteiger partial charge < -0.3 is 5.32 Å². The largest absolute Gasteiger partial charge is 0.322 e. The van der Waals surface area contributed by atoms with Crippen LogP contribution in [0.3, 0.4) is 0 Å². The van der Waals surface area contributed by atoms with E-state index in [9.17, 15) is 18.0 Å². The van der Waals surface area contributed by atoms with E-state index in [0.717, 1.165) is 0 Å². The van der Waals surface area contributed by atoms with Crippen LogP contribution in [0.25, 0.3) is 0 Å². The number of carbonyl (C=O) groups excluding carboxylic acids is 2. The first-order valence-corrected chi connectivity index (χ1v) is 10.0. The van der Waals surface area contributed by atoms with Gasteiger partial charge in [0.1, 0.15) is 4.90 Å². The first-order valence-electron chi connectivity index (χ1n) is 8.15. The van der Waals surface area contributed by atoms with Gasteiger partial charge in [-0.25, -0.2) is 13.1 Å². The summed E-state index contributed by atoms with van der Waals surface area (Å²) in [5, 5.41) is 2.67. The van der Waals surface area contributed by atoms with E-state index in [1.54, 1.807) is 45.0 Å². The zero-order chi connectivity index (χ0) is 20.4. The molecule has 0 bridgehead atoms.